The largest absolute Gasteiger partial charge is 0.493 e. The molecule has 0 spiro atoms. The van der Waals surface area contributed by atoms with Gasteiger partial charge in [0.1, 0.15) is 5.56 Å². The summed E-state index contributed by atoms with van der Waals surface area (Å²) in [6.45, 7) is 3.06. The van der Waals surface area contributed by atoms with Crippen LogP contribution >= 0.6 is 0 Å². The van der Waals surface area contributed by atoms with E-state index < -0.39 is 17.1 Å². The molecule has 3 aromatic rings. The van der Waals surface area contributed by atoms with E-state index in [9.17, 15) is 14.7 Å². The first-order valence-electron chi connectivity index (χ1n) is 11.2. The zero-order valence-electron chi connectivity index (χ0n) is 19.7. The molecule has 0 radical (unpaired) electrons. The molecule has 0 fully saturated rings. The maximum Gasteiger partial charge on any atom is 0.335 e. The van der Waals surface area contributed by atoms with E-state index >= 15 is 0 Å². The van der Waals surface area contributed by atoms with Crippen molar-refractivity contribution in [2.24, 2.45) is 4.99 Å². The number of aromatic amines is 1. The van der Waals surface area contributed by atoms with Crippen LogP contribution in [0.3, 0.4) is 0 Å². The summed E-state index contributed by atoms with van der Waals surface area (Å²) in [4.78, 5) is 33.9. The number of nitrogens with zero attached hydrogens (tertiary/aromatic N) is 3. The zero-order chi connectivity index (χ0) is 24.7. The van der Waals surface area contributed by atoms with Crippen LogP contribution in [-0.2, 0) is 6.42 Å². The van der Waals surface area contributed by atoms with Crippen molar-refractivity contribution >= 4 is 6.21 Å². The normalized spacial score (nSPS) is 17.1. The number of aromatic nitrogens is 2. The Morgan fingerprint density at radius 3 is 2.86 bits per heavy atom. The first-order chi connectivity index (χ1) is 16.9. The number of benzene rings is 2. The molecular weight excluding hydrogens is 452 g/mol. The minimum absolute atomic E-state index is 0.0933. The van der Waals surface area contributed by atoms with Gasteiger partial charge in [-0.1, -0.05) is 18.2 Å². The average Bonchev–Trinajstić information content (AvgIpc) is 3.30. The summed E-state index contributed by atoms with van der Waals surface area (Å²) in [5, 5.41) is 10.9. The number of aliphatic imine (C=N–C) groups is 1. The second kappa shape index (κ2) is 8.95. The van der Waals surface area contributed by atoms with E-state index in [2.05, 4.69) is 14.9 Å². The van der Waals surface area contributed by atoms with Crippen LogP contribution in [0.2, 0.25) is 0 Å². The number of H-pyrrole nitrogens is 1. The Bertz CT molecular complexity index is 1440. The van der Waals surface area contributed by atoms with Gasteiger partial charge in [-0.05, 0) is 43.7 Å². The third-order valence-electron chi connectivity index (χ3n) is 6.52. The summed E-state index contributed by atoms with van der Waals surface area (Å²) in [6.07, 6.45) is 2.13. The van der Waals surface area contributed by atoms with Gasteiger partial charge in [0.2, 0.25) is 18.4 Å². The maximum atomic E-state index is 12.5. The minimum atomic E-state index is -0.722. The highest BCUT2D eigenvalue weighted by molar-refractivity contribution is 5.82. The Morgan fingerprint density at radius 1 is 1.29 bits per heavy atom. The molecule has 1 atom stereocenters. The number of hydrogen-bond acceptors (Lipinski definition) is 8. The molecule has 182 valence electrons. The SMILES string of the molecule is COc1c2c(cc3c1[C@H](CN=Cc1c(O)n(-c4ccccc4C)c(=O)[nH]c1=O)N(C)CC3)OCO2. The number of likely N-dealkylation sites (N-methyl/N-ethyl adjacent to an activating group) is 1. The molecule has 35 heavy (non-hydrogen) atoms. The molecule has 10 nitrogen and oxygen atoms in total. The van der Waals surface area contributed by atoms with Crippen molar-refractivity contribution in [3.8, 4) is 28.8 Å². The van der Waals surface area contributed by atoms with Gasteiger partial charge in [-0.2, -0.15) is 0 Å². The van der Waals surface area contributed by atoms with Crippen molar-refractivity contribution < 1.29 is 19.3 Å². The maximum absolute atomic E-state index is 12.5. The smallest absolute Gasteiger partial charge is 0.335 e. The topological polar surface area (TPSA) is 118 Å². The summed E-state index contributed by atoms with van der Waals surface area (Å²) in [6, 6.07) is 8.92. The summed E-state index contributed by atoms with van der Waals surface area (Å²) in [7, 11) is 3.59. The van der Waals surface area contributed by atoms with Crippen LogP contribution in [0.15, 0.2) is 44.9 Å². The highest BCUT2D eigenvalue weighted by Gasteiger charge is 2.33. The van der Waals surface area contributed by atoms with Crippen molar-refractivity contribution in [1.29, 1.82) is 0 Å². The molecule has 2 aliphatic rings. The van der Waals surface area contributed by atoms with E-state index in [4.69, 9.17) is 14.2 Å². The van der Waals surface area contributed by atoms with Gasteiger partial charge in [-0.25, -0.2) is 9.36 Å². The fraction of sp³-hybridized carbons (Fsp3) is 0.320. The van der Waals surface area contributed by atoms with Crippen molar-refractivity contribution in [1.82, 2.24) is 14.5 Å². The Hall–Kier alpha value is -4.05. The Balaban J connectivity index is 1.52. The number of methoxy groups -OCH3 is 1. The van der Waals surface area contributed by atoms with Crippen LogP contribution < -0.4 is 25.5 Å². The van der Waals surface area contributed by atoms with E-state index in [1.54, 1.807) is 19.2 Å². The Kier molecular flexibility index (Phi) is 5.81. The van der Waals surface area contributed by atoms with E-state index in [1.165, 1.54) is 6.21 Å². The van der Waals surface area contributed by atoms with Crippen molar-refractivity contribution in [3.05, 3.63) is 73.4 Å². The minimum Gasteiger partial charge on any atom is -0.493 e. The first kappa shape index (κ1) is 22.7. The predicted octanol–water partition coefficient (Wildman–Crippen LogP) is 1.93. The molecule has 2 aromatic carbocycles. The van der Waals surface area contributed by atoms with Crippen LogP contribution in [0, 0.1) is 6.92 Å². The number of nitrogens with one attached hydrogen (secondary N) is 1. The van der Waals surface area contributed by atoms with Crippen LogP contribution in [0.1, 0.15) is 28.3 Å². The second-order valence-electron chi connectivity index (χ2n) is 8.58. The molecule has 0 unspecified atom stereocenters. The lowest BCUT2D eigenvalue weighted by atomic mass is 9.91. The standard InChI is InChI=1S/C25H26N4O6/c1-14-6-4-5-7-17(14)29-24(31)16(23(30)27-25(29)32)11-26-12-18-20-15(8-9-28(18)2)10-19-21(22(20)33-3)35-13-34-19/h4-7,10-11,18,31H,8-9,12-13H2,1-3H3,(H,27,30,32)/t18-/m0/s1. The van der Waals surface area contributed by atoms with Gasteiger partial charge in [0.25, 0.3) is 5.56 Å². The molecule has 1 aromatic heterocycles. The Morgan fingerprint density at radius 2 is 2.09 bits per heavy atom. The van der Waals surface area contributed by atoms with E-state index in [-0.39, 0.29) is 18.4 Å². The summed E-state index contributed by atoms with van der Waals surface area (Å²) in [5.74, 6) is 1.41. The summed E-state index contributed by atoms with van der Waals surface area (Å²) in [5.41, 5.74) is 1.78. The van der Waals surface area contributed by atoms with Gasteiger partial charge in [0, 0.05) is 18.3 Å². The molecule has 2 N–H and O–H groups in total. The highest BCUT2D eigenvalue weighted by atomic mass is 16.7. The van der Waals surface area contributed by atoms with E-state index in [1.807, 2.05) is 32.2 Å². The molecule has 0 saturated heterocycles. The molecular formula is C25H26N4O6. The van der Waals surface area contributed by atoms with Gasteiger partial charge >= 0.3 is 5.69 Å². The summed E-state index contributed by atoms with van der Waals surface area (Å²) >= 11 is 0. The monoisotopic (exact) mass is 478 g/mol. The molecule has 0 saturated carbocycles. The number of rotatable bonds is 5. The molecule has 0 aliphatic carbocycles. The number of hydrogen-bond donors (Lipinski definition) is 2. The number of fused-ring (bicyclic) bond motifs is 2. The first-order valence-corrected chi connectivity index (χ1v) is 11.2. The lowest BCUT2D eigenvalue weighted by molar-refractivity contribution is 0.170. The lowest BCUT2D eigenvalue weighted by Gasteiger charge is -2.35. The third-order valence-corrected chi connectivity index (χ3v) is 6.52. The van der Waals surface area contributed by atoms with Crippen molar-refractivity contribution in [2.45, 2.75) is 19.4 Å². The van der Waals surface area contributed by atoms with Gasteiger partial charge in [0.15, 0.2) is 11.5 Å². The highest BCUT2D eigenvalue weighted by Crippen LogP contribution is 2.49. The number of ether oxygens (including phenoxy) is 3. The van der Waals surface area contributed by atoms with Crippen LogP contribution in [0.4, 0.5) is 0 Å². The van der Waals surface area contributed by atoms with Crippen molar-refractivity contribution in [3.63, 3.8) is 0 Å². The summed E-state index contributed by atoms with van der Waals surface area (Å²) < 4.78 is 18.0. The van der Waals surface area contributed by atoms with Gasteiger partial charge in [-0.3, -0.25) is 19.7 Å². The van der Waals surface area contributed by atoms with Crippen molar-refractivity contribution in [2.75, 3.05) is 34.0 Å². The molecule has 3 heterocycles. The molecule has 2 aliphatic heterocycles. The van der Waals surface area contributed by atoms with Gasteiger partial charge < -0.3 is 19.3 Å². The van der Waals surface area contributed by atoms with Gasteiger partial charge in [-0.15, -0.1) is 0 Å². The molecule has 0 bridgehead atoms. The quantitative estimate of drug-likeness (QED) is 0.538. The fourth-order valence-electron chi connectivity index (χ4n) is 4.69. The molecule has 10 heteroatoms. The predicted molar refractivity (Wildman–Crippen MR) is 130 cm³/mol. The fourth-order valence-corrected chi connectivity index (χ4v) is 4.69. The lowest BCUT2D eigenvalue weighted by Crippen LogP contribution is -2.34. The van der Waals surface area contributed by atoms with Gasteiger partial charge in [0.05, 0.1) is 25.4 Å². The average molecular weight is 479 g/mol. The number of para-hydroxylation sites is 1. The number of aryl methyl sites for hydroxylation is 1. The van der Waals surface area contributed by atoms with E-state index in [0.29, 0.717) is 29.5 Å². The molecule has 0 amide bonds. The molecule has 5 rings (SSSR count). The zero-order valence-corrected chi connectivity index (χ0v) is 19.7. The van der Waals surface area contributed by atoms with Crippen LogP contribution in [0.5, 0.6) is 23.1 Å². The van der Waals surface area contributed by atoms with Crippen LogP contribution in [-0.4, -0.2) is 59.8 Å². The number of aromatic hydroxyl groups is 1. The third kappa shape index (κ3) is 3.85. The van der Waals surface area contributed by atoms with E-state index in [0.717, 1.165) is 34.2 Å². The second-order valence-corrected chi connectivity index (χ2v) is 8.58. The van der Waals surface area contributed by atoms with Crippen LogP contribution in [0.25, 0.3) is 5.69 Å². The Labute approximate surface area is 201 Å².